The van der Waals surface area contributed by atoms with E-state index in [2.05, 4.69) is 6.92 Å². The van der Waals surface area contributed by atoms with Crippen molar-refractivity contribution in [2.24, 2.45) is 11.8 Å². The Morgan fingerprint density at radius 2 is 2.16 bits per heavy atom. The number of esters is 1. The van der Waals surface area contributed by atoms with E-state index in [1.807, 2.05) is 0 Å². The van der Waals surface area contributed by atoms with E-state index in [1.165, 1.54) is 12.8 Å². The van der Waals surface area contributed by atoms with E-state index in [9.17, 15) is 4.79 Å². The van der Waals surface area contributed by atoms with Gasteiger partial charge in [0.2, 0.25) is 0 Å². The Morgan fingerprint density at radius 1 is 1.26 bits per heavy atom. The average molecular weight is 266 g/mol. The third-order valence-electron chi connectivity index (χ3n) is 5.56. The van der Waals surface area contributed by atoms with Crippen molar-refractivity contribution in [1.29, 1.82) is 0 Å². The first-order chi connectivity index (χ1) is 9.19. The summed E-state index contributed by atoms with van der Waals surface area (Å²) < 4.78 is 16.9. The predicted octanol–water partition coefficient (Wildman–Crippen LogP) is 2.05. The Hall–Kier alpha value is -0.610. The highest BCUT2D eigenvalue weighted by atomic mass is 16.6. The number of rotatable bonds is 3. The number of carbonyl (C=O) groups is 1. The quantitative estimate of drug-likeness (QED) is 0.579. The smallest absolute Gasteiger partial charge is 0.309 e. The molecule has 4 aliphatic rings. The summed E-state index contributed by atoms with van der Waals surface area (Å²) in [6, 6.07) is 0. The molecule has 0 aromatic rings. The van der Waals surface area contributed by atoms with Crippen LogP contribution in [0.4, 0.5) is 0 Å². The Bertz CT molecular complexity index is 396. The summed E-state index contributed by atoms with van der Waals surface area (Å²) in [4.78, 5) is 12.1. The van der Waals surface area contributed by atoms with Crippen LogP contribution in [0.1, 0.15) is 45.4 Å². The molecule has 2 heterocycles. The number of carbonyl (C=O) groups excluding carboxylic acids is 1. The molecule has 19 heavy (non-hydrogen) atoms. The lowest BCUT2D eigenvalue weighted by atomic mass is 9.80. The lowest BCUT2D eigenvalue weighted by Crippen LogP contribution is -2.36. The summed E-state index contributed by atoms with van der Waals surface area (Å²) in [6.07, 6.45) is 7.48. The SMILES string of the molecule is CC1CCCC2OC12COC(=O)C1CCC2OC2C1. The van der Waals surface area contributed by atoms with Crippen LogP contribution in [0, 0.1) is 11.8 Å². The minimum Gasteiger partial charge on any atom is -0.462 e. The minimum atomic E-state index is -0.138. The highest BCUT2D eigenvalue weighted by Gasteiger charge is 2.62. The van der Waals surface area contributed by atoms with Crippen LogP contribution in [0.5, 0.6) is 0 Å². The van der Waals surface area contributed by atoms with Crippen LogP contribution in [-0.4, -0.2) is 36.5 Å². The Kier molecular flexibility index (Phi) is 2.68. The third-order valence-corrected chi connectivity index (χ3v) is 5.56. The molecule has 4 heteroatoms. The van der Waals surface area contributed by atoms with Crippen LogP contribution >= 0.6 is 0 Å². The Labute approximate surface area is 113 Å². The molecular formula is C15H22O4. The van der Waals surface area contributed by atoms with Crippen LogP contribution in [0.3, 0.4) is 0 Å². The van der Waals surface area contributed by atoms with Gasteiger partial charge in [-0.1, -0.05) is 13.3 Å². The normalized spacial score (nSPS) is 50.9. The number of fused-ring (bicyclic) bond motifs is 2. The van der Waals surface area contributed by atoms with Crippen molar-refractivity contribution in [3.8, 4) is 0 Å². The standard InChI is InChI=1S/C15H22O4/c1-9-3-2-4-13-15(9,19-13)8-17-14(16)10-5-6-11-12(7-10)18-11/h9-13H,2-8H2,1H3. The summed E-state index contributed by atoms with van der Waals surface area (Å²) in [5.41, 5.74) is -0.138. The van der Waals surface area contributed by atoms with E-state index in [4.69, 9.17) is 14.2 Å². The van der Waals surface area contributed by atoms with E-state index in [0.29, 0.717) is 30.8 Å². The second kappa shape index (κ2) is 4.19. The fourth-order valence-electron chi connectivity index (χ4n) is 4.01. The van der Waals surface area contributed by atoms with Gasteiger partial charge in [0.15, 0.2) is 0 Å². The van der Waals surface area contributed by atoms with E-state index in [0.717, 1.165) is 25.7 Å². The first-order valence-electron chi connectivity index (χ1n) is 7.69. The van der Waals surface area contributed by atoms with Gasteiger partial charge in [-0.05, 0) is 38.0 Å². The molecular weight excluding hydrogens is 244 g/mol. The molecule has 4 rings (SSSR count). The largest absolute Gasteiger partial charge is 0.462 e. The number of epoxide rings is 2. The van der Waals surface area contributed by atoms with Crippen molar-refractivity contribution in [3.63, 3.8) is 0 Å². The molecule has 0 aromatic carbocycles. The first kappa shape index (κ1) is 12.2. The molecule has 2 saturated heterocycles. The van der Waals surface area contributed by atoms with Crippen LogP contribution in [0.15, 0.2) is 0 Å². The fourth-order valence-corrected chi connectivity index (χ4v) is 4.01. The maximum Gasteiger partial charge on any atom is 0.309 e. The maximum absolute atomic E-state index is 12.1. The lowest BCUT2D eigenvalue weighted by molar-refractivity contribution is -0.152. The van der Waals surface area contributed by atoms with E-state index in [-0.39, 0.29) is 17.5 Å². The zero-order valence-corrected chi connectivity index (χ0v) is 11.5. The third kappa shape index (κ3) is 2.00. The summed E-state index contributed by atoms with van der Waals surface area (Å²) >= 11 is 0. The first-order valence-corrected chi connectivity index (χ1v) is 7.69. The van der Waals surface area contributed by atoms with E-state index < -0.39 is 0 Å². The molecule has 0 spiro atoms. The molecule has 0 radical (unpaired) electrons. The molecule has 2 saturated carbocycles. The second-order valence-electron chi connectivity index (χ2n) is 6.72. The zero-order valence-electron chi connectivity index (χ0n) is 11.5. The minimum absolute atomic E-state index is 0.0321. The van der Waals surface area contributed by atoms with Gasteiger partial charge in [-0.15, -0.1) is 0 Å². The summed E-state index contributed by atoms with van der Waals surface area (Å²) in [5.74, 6) is 0.535. The summed E-state index contributed by atoms with van der Waals surface area (Å²) in [5, 5.41) is 0. The molecule has 0 bridgehead atoms. The van der Waals surface area contributed by atoms with Crippen molar-refractivity contribution < 1.29 is 19.0 Å². The van der Waals surface area contributed by atoms with Crippen LogP contribution < -0.4 is 0 Å². The van der Waals surface area contributed by atoms with Crippen LogP contribution in [0.25, 0.3) is 0 Å². The van der Waals surface area contributed by atoms with Gasteiger partial charge in [-0.2, -0.15) is 0 Å². The molecule has 4 nitrogen and oxygen atoms in total. The van der Waals surface area contributed by atoms with Crippen molar-refractivity contribution in [2.75, 3.05) is 6.61 Å². The second-order valence-corrected chi connectivity index (χ2v) is 6.72. The molecule has 0 N–H and O–H groups in total. The molecule has 6 atom stereocenters. The number of ether oxygens (including phenoxy) is 3. The Morgan fingerprint density at radius 3 is 2.95 bits per heavy atom. The Balaban J connectivity index is 1.31. The van der Waals surface area contributed by atoms with Gasteiger partial charge < -0.3 is 14.2 Å². The monoisotopic (exact) mass is 266 g/mol. The molecule has 4 fully saturated rings. The average Bonchev–Trinajstić information content (AvgIpc) is 3.29. The van der Waals surface area contributed by atoms with Gasteiger partial charge >= 0.3 is 5.97 Å². The van der Waals surface area contributed by atoms with Gasteiger partial charge in [0, 0.05) is 0 Å². The fraction of sp³-hybridized carbons (Fsp3) is 0.933. The van der Waals surface area contributed by atoms with Crippen molar-refractivity contribution in [3.05, 3.63) is 0 Å². The van der Waals surface area contributed by atoms with E-state index >= 15 is 0 Å². The van der Waals surface area contributed by atoms with Crippen molar-refractivity contribution in [2.45, 2.75) is 69.4 Å². The molecule has 106 valence electrons. The maximum atomic E-state index is 12.1. The van der Waals surface area contributed by atoms with Crippen LogP contribution in [-0.2, 0) is 19.0 Å². The summed E-state index contributed by atoms with van der Waals surface area (Å²) in [7, 11) is 0. The summed E-state index contributed by atoms with van der Waals surface area (Å²) in [6.45, 7) is 2.68. The predicted molar refractivity (Wildman–Crippen MR) is 67.6 cm³/mol. The zero-order chi connectivity index (χ0) is 13.0. The molecule has 2 aliphatic carbocycles. The van der Waals surface area contributed by atoms with E-state index in [1.54, 1.807) is 0 Å². The lowest BCUT2D eigenvalue weighted by Gasteiger charge is -2.25. The van der Waals surface area contributed by atoms with Gasteiger partial charge in [-0.3, -0.25) is 4.79 Å². The number of hydrogen-bond donors (Lipinski definition) is 0. The highest BCUT2D eigenvalue weighted by Crippen LogP contribution is 2.51. The van der Waals surface area contributed by atoms with Crippen LogP contribution in [0.2, 0.25) is 0 Å². The molecule has 6 unspecified atom stereocenters. The van der Waals surface area contributed by atoms with Gasteiger partial charge in [-0.25, -0.2) is 0 Å². The van der Waals surface area contributed by atoms with Gasteiger partial charge in [0.25, 0.3) is 0 Å². The van der Waals surface area contributed by atoms with Gasteiger partial charge in [0.1, 0.15) is 12.2 Å². The number of hydrogen-bond acceptors (Lipinski definition) is 4. The van der Waals surface area contributed by atoms with Crippen molar-refractivity contribution >= 4 is 5.97 Å². The van der Waals surface area contributed by atoms with Gasteiger partial charge in [0.05, 0.1) is 24.2 Å². The van der Waals surface area contributed by atoms with Crippen molar-refractivity contribution in [1.82, 2.24) is 0 Å². The highest BCUT2D eigenvalue weighted by molar-refractivity contribution is 5.72. The topological polar surface area (TPSA) is 51.4 Å². The molecule has 2 aliphatic heterocycles. The molecule has 0 aromatic heterocycles. The molecule has 0 amide bonds.